The van der Waals surface area contributed by atoms with Gasteiger partial charge in [0.15, 0.2) is 0 Å². The minimum absolute atomic E-state index is 0.0597. The number of esters is 1. The molecule has 0 N–H and O–H groups in total. The number of nitrogens with zero attached hydrogens (tertiary/aromatic N) is 4. The monoisotopic (exact) mass is 608 g/mol. The second-order valence-electron chi connectivity index (χ2n) is 10.2. The molecule has 224 valence electrons. The molecule has 12 heteroatoms. The van der Waals surface area contributed by atoms with Gasteiger partial charge >= 0.3 is 5.97 Å². The molecular weight excluding hydrogens is 578 g/mol. The number of rotatable bonds is 6. The number of carbonyl (C=O) groups is 4. The maximum absolute atomic E-state index is 15.7. The molecular formula is C31H30F2N4O5S. The van der Waals surface area contributed by atoms with Crippen LogP contribution >= 0.6 is 11.3 Å². The summed E-state index contributed by atoms with van der Waals surface area (Å²) in [5, 5.41) is 0.651. The maximum atomic E-state index is 15.7. The lowest BCUT2D eigenvalue weighted by molar-refractivity contribution is -0.152. The highest BCUT2D eigenvalue weighted by atomic mass is 32.1. The van der Waals surface area contributed by atoms with Crippen molar-refractivity contribution in [2.45, 2.75) is 26.2 Å². The highest BCUT2D eigenvalue weighted by molar-refractivity contribution is 7.17. The Labute approximate surface area is 251 Å². The van der Waals surface area contributed by atoms with Crippen LogP contribution in [0.3, 0.4) is 0 Å². The summed E-state index contributed by atoms with van der Waals surface area (Å²) >= 11 is 1.20. The number of hydrogen-bond donors (Lipinski definition) is 0. The Hall–Kier alpha value is -4.45. The van der Waals surface area contributed by atoms with Crippen LogP contribution in [0.2, 0.25) is 0 Å². The minimum Gasteiger partial charge on any atom is -0.465 e. The van der Waals surface area contributed by atoms with Crippen LogP contribution in [0.25, 0.3) is 16.1 Å². The summed E-state index contributed by atoms with van der Waals surface area (Å²) in [5.41, 5.74) is 1.15. The molecule has 43 heavy (non-hydrogen) atoms. The molecule has 0 saturated carbocycles. The van der Waals surface area contributed by atoms with Crippen molar-refractivity contribution in [3.8, 4) is 10.6 Å². The van der Waals surface area contributed by atoms with Crippen molar-refractivity contribution in [1.29, 1.82) is 0 Å². The fourth-order valence-corrected chi connectivity index (χ4v) is 6.12. The smallest absolute Gasteiger partial charge is 0.325 e. The second kappa shape index (κ2) is 12.4. The van der Waals surface area contributed by atoms with Crippen LogP contribution in [0.5, 0.6) is 0 Å². The zero-order valence-corrected chi connectivity index (χ0v) is 24.5. The number of para-hydroxylation sites is 1. The van der Waals surface area contributed by atoms with Crippen LogP contribution in [0.4, 0.5) is 14.5 Å². The molecule has 1 saturated heterocycles. The third-order valence-electron chi connectivity index (χ3n) is 7.31. The van der Waals surface area contributed by atoms with E-state index in [1.807, 2.05) is 30.3 Å². The molecule has 1 aromatic heterocycles. The summed E-state index contributed by atoms with van der Waals surface area (Å²) in [7, 11) is 0. The first-order chi connectivity index (χ1) is 20.6. The SMILES string of the molecule is CCOC(=O)CN1CCN(C(=O)/C=C2/c3ccccc3N(C(=O)c3sc(-c4ccccc4)nc3C)CCC2(F)F)CC1=O. The Bertz CT molecular complexity index is 1590. The molecule has 0 radical (unpaired) electrons. The first-order valence-corrected chi connectivity index (χ1v) is 14.7. The van der Waals surface area contributed by atoms with Crippen molar-refractivity contribution >= 4 is 46.3 Å². The van der Waals surface area contributed by atoms with Gasteiger partial charge in [-0.3, -0.25) is 19.2 Å². The molecule has 5 rings (SSSR count). The lowest BCUT2D eigenvalue weighted by Crippen LogP contribution is -2.53. The van der Waals surface area contributed by atoms with Crippen molar-refractivity contribution in [1.82, 2.24) is 14.8 Å². The highest BCUT2D eigenvalue weighted by Crippen LogP contribution is 2.44. The summed E-state index contributed by atoms with van der Waals surface area (Å²) in [6.45, 7) is 2.81. The zero-order valence-electron chi connectivity index (χ0n) is 23.7. The lowest BCUT2D eigenvalue weighted by atomic mass is 9.96. The maximum Gasteiger partial charge on any atom is 0.325 e. The van der Waals surface area contributed by atoms with Crippen LogP contribution in [-0.2, 0) is 19.1 Å². The van der Waals surface area contributed by atoms with Gasteiger partial charge in [0.1, 0.15) is 23.0 Å². The Morgan fingerprint density at radius 2 is 1.77 bits per heavy atom. The summed E-state index contributed by atoms with van der Waals surface area (Å²) in [5.74, 6) is -5.67. The van der Waals surface area contributed by atoms with E-state index in [4.69, 9.17) is 4.74 Å². The lowest BCUT2D eigenvalue weighted by Gasteiger charge is -2.33. The van der Waals surface area contributed by atoms with Crippen molar-refractivity contribution in [2.75, 3.05) is 44.2 Å². The van der Waals surface area contributed by atoms with Gasteiger partial charge in [0, 0.05) is 48.8 Å². The normalized spacial score (nSPS) is 17.4. The molecule has 2 aliphatic rings. The van der Waals surface area contributed by atoms with Gasteiger partial charge < -0.3 is 19.4 Å². The second-order valence-corrected chi connectivity index (χ2v) is 11.2. The highest BCUT2D eigenvalue weighted by Gasteiger charge is 2.42. The van der Waals surface area contributed by atoms with Gasteiger partial charge in [0.25, 0.3) is 11.8 Å². The third-order valence-corrected chi connectivity index (χ3v) is 8.50. The van der Waals surface area contributed by atoms with Crippen molar-refractivity contribution in [3.63, 3.8) is 0 Å². The van der Waals surface area contributed by atoms with Crippen LogP contribution in [0.1, 0.15) is 34.3 Å². The number of fused-ring (bicyclic) bond motifs is 1. The number of aryl methyl sites for hydroxylation is 1. The summed E-state index contributed by atoms with van der Waals surface area (Å²) < 4.78 is 36.3. The van der Waals surface area contributed by atoms with Gasteiger partial charge in [-0.2, -0.15) is 0 Å². The Morgan fingerprint density at radius 3 is 2.49 bits per heavy atom. The van der Waals surface area contributed by atoms with E-state index in [1.165, 1.54) is 32.1 Å². The van der Waals surface area contributed by atoms with E-state index in [9.17, 15) is 19.2 Å². The molecule has 2 aromatic carbocycles. The molecule has 0 unspecified atom stereocenters. The van der Waals surface area contributed by atoms with Gasteiger partial charge in [-0.05, 0) is 19.9 Å². The van der Waals surface area contributed by atoms with Crippen molar-refractivity contribution in [2.24, 2.45) is 0 Å². The van der Waals surface area contributed by atoms with Gasteiger partial charge in [0.05, 0.1) is 18.0 Å². The fourth-order valence-electron chi connectivity index (χ4n) is 5.10. The number of thiazole rings is 1. The van der Waals surface area contributed by atoms with Gasteiger partial charge in [-0.25, -0.2) is 13.8 Å². The topological polar surface area (TPSA) is 100 Å². The van der Waals surface area contributed by atoms with E-state index in [0.717, 1.165) is 11.6 Å². The van der Waals surface area contributed by atoms with E-state index < -0.39 is 41.6 Å². The standard InChI is InChI=1S/C31H30F2N4O5S/c1-3-42-27(40)19-36-16-15-35(18-26(36)39)25(38)17-23-22-11-7-8-12-24(22)37(14-13-31(23,32)33)30(41)28-20(2)34-29(43-28)21-9-5-4-6-10-21/h4-12,17H,3,13-16,18-19H2,1-2H3/b23-17-. The number of halogens is 2. The number of alkyl halides is 2. The molecule has 0 bridgehead atoms. The predicted octanol–water partition coefficient (Wildman–Crippen LogP) is 4.42. The molecule has 3 heterocycles. The number of anilines is 1. The molecule has 9 nitrogen and oxygen atoms in total. The molecule has 3 aromatic rings. The van der Waals surface area contributed by atoms with Crippen molar-refractivity contribution < 1.29 is 32.7 Å². The zero-order chi connectivity index (χ0) is 30.7. The van der Waals surface area contributed by atoms with Crippen LogP contribution in [-0.4, -0.2) is 83.7 Å². The van der Waals surface area contributed by atoms with Crippen LogP contribution in [0, 0.1) is 6.92 Å². The number of carbonyl (C=O) groups excluding carboxylic acids is 4. The van der Waals surface area contributed by atoms with Crippen LogP contribution < -0.4 is 4.90 Å². The quantitative estimate of drug-likeness (QED) is 0.304. The van der Waals surface area contributed by atoms with Gasteiger partial charge in [-0.15, -0.1) is 11.3 Å². The Morgan fingerprint density at radius 1 is 1.05 bits per heavy atom. The largest absolute Gasteiger partial charge is 0.465 e. The molecule has 1 fully saturated rings. The number of allylic oxidation sites excluding steroid dienone is 1. The average molecular weight is 609 g/mol. The average Bonchev–Trinajstić information content (AvgIpc) is 3.34. The molecule has 0 aliphatic carbocycles. The number of aromatic nitrogens is 1. The molecule has 0 spiro atoms. The number of piperazine rings is 1. The Balaban J connectivity index is 1.42. The summed E-state index contributed by atoms with van der Waals surface area (Å²) in [6, 6.07) is 15.7. The van der Waals surface area contributed by atoms with Crippen LogP contribution in [0.15, 0.2) is 60.7 Å². The van der Waals surface area contributed by atoms with E-state index in [1.54, 1.807) is 32.0 Å². The fraction of sp³-hybridized carbons (Fsp3) is 0.323. The summed E-state index contributed by atoms with van der Waals surface area (Å²) in [4.78, 5) is 60.1. The first kappa shape index (κ1) is 30.0. The summed E-state index contributed by atoms with van der Waals surface area (Å²) in [6.07, 6.45) is 0.161. The number of amides is 3. The Kier molecular flexibility index (Phi) is 8.67. The number of hydrogen-bond acceptors (Lipinski definition) is 7. The predicted molar refractivity (Wildman–Crippen MR) is 158 cm³/mol. The molecule has 3 amide bonds. The van der Waals surface area contributed by atoms with E-state index in [-0.39, 0.29) is 50.6 Å². The molecule has 2 aliphatic heterocycles. The van der Waals surface area contributed by atoms with E-state index in [0.29, 0.717) is 15.6 Å². The van der Waals surface area contributed by atoms with Gasteiger partial charge in [0.2, 0.25) is 11.8 Å². The van der Waals surface area contributed by atoms with Crippen molar-refractivity contribution in [3.05, 3.63) is 76.8 Å². The number of ether oxygens (including phenoxy) is 1. The minimum atomic E-state index is -3.44. The number of benzene rings is 2. The van der Waals surface area contributed by atoms with Gasteiger partial charge in [-0.1, -0.05) is 48.5 Å². The van der Waals surface area contributed by atoms with E-state index in [2.05, 4.69) is 4.98 Å². The third kappa shape index (κ3) is 6.34. The molecule has 0 atom stereocenters. The first-order valence-electron chi connectivity index (χ1n) is 13.9. The van der Waals surface area contributed by atoms with E-state index >= 15 is 8.78 Å².